The minimum absolute atomic E-state index is 0.248. The summed E-state index contributed by atoms with van der Waals surface area (Å²) in [7, 11) is 1.61. The van der Waals surface area contributed by atoms with Gasteiger partial charge < -0.3 is 4.74 Å². The summed E-state index contributed by atoms with van der Waals surface area (Å²) in [4.78, 5) is 8.53. The number of aromatic nitrogens is 2. The number of alkyl halides is 1. The number of aryl methyl sites for hydroxylation is 1. The lowest BCUT2D eigenvalue weighted by Gasteiger charge is -2.10. The molecule has 19 heavy (non-hydrogen) atoms. The number of ether oxygens (including phenoxy) is 1. The number of methoxy groups -OCH3 is 1. The van der Waals surface area contributed by atoms with Crippen LogP contribution in [0, 0.1) is 0 Å². The van der Waals surface area contributed by atoms with Gasteiger partial charge in [0, 0.05) is 23.0 Å². The summed E-state index contributed by atoms with van der Waals surface area (Å²) in [5.74, 6) is 0.603. The van der Waals surface area contributed by atoms with E-state index in [0.29, 0.717) is 5.88 Å². The lowest BCUT2D eigenvalue weighted by Crippen LogP contribution is -2.00. The third kappa shape index (κ3) is 3.77. The van der Waals surface area contributed by atoms with Gasteiger partial charge in [0.2, 0.25) is 5.88 Å². The molecule has 0 bridgehead atoms. The second kappa shape index (κ2) is 6.66. The molecule has 1 atom stereocenters. The summed E-state index contributed by atoms with van der Waals surface area (Å²) < 4.78 is 5.11. The van der Waals surface area contributed by atoms with Gasteiger partial charge in [0.1, 0.15) is 6.33 Å². The molecule has 1 heterocycles. The van der Waals surface area contributed by atoms with Crippen LogP contribution in [0.1, 0.15) is 28.6 Å². The molecule has 4 heteroatoms. The van der Waals surface area contributed by atoms with Crippen LogP contribution in [0.15, 0.2) is 36.7 Å². The second-order valence-electron chi connectivity index (χ2n) is 4.32. The highest BCUT2D eigenvalue weighted by molar-refractivity contribution is 9.09. The van der Waals surface area contributed by atoms with Crippen LogP contribution in [0.2, 0.25) is 0 Å². The zero-order chi connectivity index (χ0) is 13.7. The Morgan fingerprint density at radius 2 is 1.95 bits per heavy atom. The number of hydrogen-bond donors (Lipinski definition) is 0. The van der Waals surface area contributed by atoms with Crippen molar-refractivity contribution in [3.8, 4) is 5.88 Å². The fraction of sp³-hybridized carbons (Fsp3) is 0.333. The summed E-state index contributed by atoms with van der Waals surface area (Å²) >= 11 is 3.71. The van der Waals surface area contributed by atoms with E-state index in [2.05, 4.69) is 57.1 Å². The summed E-state index contributed by atoms with van der Waals surface area (Å²) in [5.41, 5.74) is 3.58. The van der Waals surface area contributed by atoms with Crippen molar-refractivity contribution in [1.29, 1.82) is 0 Å². The number of hydrogen-bond acceptors (Lipinski definition) is 3. The molecule has 2 rings (SSSR count). The molecule has 0 fully saturated rings. The first-order valence-corrected chi connectivity index (χ1v) is 7.22. The van der Waals surface area contributed by atoms with Crippen molar-refractivity contribution in [1.82, 2.24) is 9.97 Å². The van der Waals surface area contributed by atoms with E-state index in [9.17, 15) is 0 Å². The molecule has 0 saturated heterocycles. The predicted molar refractivity (Wildman–Crippen MR) is 79.8 cm³/mol. The molecule has 1 unspecified atom stereocenters. The van der Waals surface area contributed by atoms with Crippen LogP contribution >= 0.6 is 15.9 Å². The molecule has 0 aliphatic heterocycles. The van der Waals surface area contributed by atoms with Crippen LogP contribution in [-0.2, 0) is 12.8 Å². The standard InChI is InChI=1S/C15H17BrN2O/c1-3-11-4-6-12(7-5-11)14(16)8-13-9-15(19-2)18-10-17-13/h4-7,9-10,14H,3,8H2,1-2H3. The average Bonchev–Trinajstić information content (AvgIpc) is 2.47. The smallest absolute Gasteiger partial charge is 0.216 e. The Morgan fingerprint density at radius 3 is 2.58 bits per heavy atom. The second-order valence-corrected chi connectivity index (χ2v) is 5.42. The Labute approximate surface area is 122 Å². The predicted octanol–water partition coefficient (Wildman–Crippen LogP) is 3.73. The van der Waals surface area contributed by atoms with Gasteiger partial charge in [0.05, 0.1) is 7.11 Å². The van der Waals surface area contributed by atoms with Crippen LogP contribution in [-0.4, -0.2) is 17.1 Å². The molecular weight excluding hydrogens is 304 g/mol. The molecule has 0 N–H and O–H groups in total. The van der Waals surface area contributed by atoms with Crippen molar-refractivity contribution in [3.05, 3.63) is 53.5 Å². The van der Waals surface area contributed by atoms with Gasteiger partial charge in [-0.3, -0.25) is 0 Å². The fourth-order valence-electron chi connectivity index (χ4n) is 1.86. The lowest BCUT2D eigenvalue weighted by atomic mass is 10.0. The molecule has 1 aromatic carbocycles. The molecule has 3 nitrogen and oxygen atoms in total. The summed E-state index contributed by atoms with van der Waals surface area (Å²) in [6, 6.07) is 10.5. The Balaban J connectivity index is 2.08. The number of halogens is 1. The Bertz CT molecular complexity index is 528. The molecule has 1 aromatic heterocycles. The first kappa shape index (κ1) is 14.0. The Kier molecular flexibility index (Phi) is 4.91. The van der Waals surface area contributed by atoms with Crippen molar-refractivity contribution >= 4 is 15.9 Å². The van der Waals surface area contributed by atoms with Crippen molar-refractivity contribution < 1.29 is 4.74 Å². The van der Waals surface area contributed by atoms with Gasteiger partial charge in [-0.15, -0.1) is 0 Å². The molecule has 0 radical (unpaired) electrons. The van der Waals surface area contributed by atoms with Gasteiger partial charge in [0.25, 0.3) is 0 Å². The molecule has 0 spiro atoms. The Morgan fingerprint density at radius 1 is 1.21 bits per heavy atom. The lowest BCUT2D eigenvalue weighted by molar-refractivity contribution is 0.396. The Hall–Kier alpha value is -1.42. The quantitative estimate of drug-likeness (QED) is 0.787. The van der Waals surface area contributed by atoms with Gasteiger partial charge in [-0.2, -0.15) is 0 Å². The van der Waals surface area contributed by atoms with Crippen LogP contribution in [0.3, 0.4) is 0 Å². The first-order valence-electron chi connectivity index (χ1n) is 6.30. The summed E-state index contributed by atoms with van der Waals surface area (Å²) in [6.07, 6.45) is 3.41. The van der Waals surface area contributed by atoms with Gasteiger partial charge in [-0.1, -0.05) is 47.1 Å². The van der Waals surface area contributed by atoms with E-state index in [0.717, 1.165) is 18.5 Å². The van der Waals surface area contributed by atoms with Crippen LogP contribution in [0.25, 0.3) is 0 Å². The molecule has 100 valence electrons. The van der Waals surface area contributed by atoms with Crippen LogP contribution in [0.4, 0.5) is 0 Å². The molecular formula is C15H17BrN2O. The van der Waals surface area contributed by atoms with Crippen molar-refractivity contribution in [3.63, 3.8) is 0 Å². The van der Waals surface area contributed by atoms with Crippen LogP contribution in [0.5, 0.6) is 5.88 Å². The van der Waals surface area contributed by atoms with Crippen molar-refractivity contribution in [2.24, 2.45) is 0 Å². The maximum atomic E-state index is 5.11. The minimum atomic E-state index is 0.248. The topological polar surface area (TPSA) is 35.0 Å². The molecule has 0 saturated carbocycles. The fourth-order valence-corrected chi connectivity index (χ4v) is 2.50. The number of rotatable bonds is 5. The highest BCUT2D eigenvalue weighted by Gasteiger charge is 2.10. The van der Waals surface area contributed by atoms with Gasteiger partial charge in [-0.25, -0.2) is 9.97 Å². The maximum Gasteiger partial charge on any atom is 0.216 e. The third-order valence-electron chi connectivity index (χ3n) is 3.05. The summed E-state index contributed by atoms with van der Waals surface area (Å²) in [6.45, 7) is 2.16. The minimum Gasteiger partial charge on any atom is -0.481 e. The highest BCUT2D eigenvalue weighted by Crippen LogP contribution is 2.27. The van der Waals surface area contributed by atoms with E-state index >= 15 is 0 Å². The van der Waals surface area contributed by atoms with Crippen molar-refractivity contribution in [2.45, 2.75) is 24.6 Å². The van der Waals surface area contributed by atoms with Crippen molar-refractivity contribution in [2.75, 3.05) is 7.11 Å². The molecule has 2 aromatic rings. The van der Waals surface area contributed by atoms with E-state index in [-0.39, 0.29) is 4.83 Å². The van der Waals surface area contributed by atoms with E-state index in [1.807, 2.05) is 6.07 Å². The number of nitrogens with zero attached hydrogens (tertiary/aromatic N) is 2. The van der Waals surface area contributed by atoms with E-state index in [1.165, 1.54) is 17.5 Å². The SMILES string of the molecule is CCc1ccc(C(Br)Cc2cc(OC)ncn2)cc1. The van der Waals surface area contributed by atoms with Crippen LogP contribution < -0.4 is 4.74 Å². The number of benzene rings is 1. The zero-order valence-electron chi connectivity index (χ0n) is 11.1. The third-order valence-corrected chi connectivity index (χ3v) is 3.90. The largest absolute Gasteiger partial charge is 0.481 e. The van der Waals surface area contributed by atoms with Gasteiger partial charge >= 0.3 is 0 Å². The first-order chi connectivity index (χ1) is 9.22. The van der Waals surface area contributed by atoms with E-state index in [4.69, 9.17) is 4.74 Å². The maximum absolute atomic E-state index is 5.11. The molecule has 0 aliphatic carbocycles. The molecule has 0 aliphatic rings. The summed E-state index contributed by atoms with van der Waals surface area (Å²) in [5, 5.41) is 0. The van der Waals surface area contributed by atoms with E-state index in [1.54, 1.807) is 7.11 Å². The normalized spacial score (nSPS) is 12.2. The average molecular weight is 321 g/mol. The monoisotopic (exact) mass is 320 g/mol. The van der Waals surface area contributed by atoms with E-state index < -0.39 is 0 Å². The van der Waals surface area contributed by atoms with Gasteiger partial charge in [0.15, 0.2) is 0 Å². The molecule has 0 amide bonds. The highest BCUT2D eigenvalue weighted by atomic mass is 79.9. The zero-order valence-corrected chi connectivity index (χ0v) is 12.7. The van der Waals surface area contributed by atoms with Gasteiger partial charge in [-0.05, 0) is 17.5 Å².